The molecule has 0 aliphatic heterocycles. The van der Waals surface area contributed by atoms with E-state index in [-0.39, 0.29) is 5.97 Å². The van der Waals surface area contributed by atoms with Crippen molar-refractivity contribution in [1.82, 2.24) is 10.3 Å². The number of ether oxygens (including phenoxy) is 1. The molecule has 0 amide bonds. The maximum Gasteiger partial charge on any atom is 0.305 e. The number of aromatic nitrogens is 1. The molecule has 1 aromatic heterocycles. The van der Waals surface area contributed by atoms with Gasteiger partial charge >= 0.3 is 5.97 Å². The highest BCUT2D eigenvalue weighted by molar-refractivity contribution is 5.69. The zero-order valence-corrected chi connectivity index (χ0v) is 10.5. The highest BCUT2D eigenvalue weighted by Gasteiger charge is 2.00. The predicted molar refractivity (Wildman–Crippen MR) is 66.5 cm³/mol. The summed E-state index contributed by atoms with van der Waals surface area (Å²) < 4.78 is 4.84. The lowest BCUT2D eigenvalue weighted by Crippen LogP contribution is -2.17. The Morgan fingerprint density at radius 1 is 1.47 bits per heavy atom. The van der Waals surface area contributed by atoms with E-state index in [0.29, 0.717) is 13.0 Å². The van der Waals surface area contributed by atoms with E-state index >= 15 is 0 Å². The van der Waals surface area contributed by atoms with Crippen molar-refractivity contribution in [2.45, 2.75) is 33.2 Å². The van der Waals surface area contributed by atoms with Crippen molar-refractivity contribution in [2.75, 3.05) is 13.2 Å². The Morgan fingerprint density at radius 2 is 2.29 bits per heavy atom. The van der Waals surface area contributed by atoms with Gasteiger partial charge in [0, 0.05) is 18.7 Å². The summed E-state index contributed by atoms with van der Waals surface area (Å²) in [6.07, 6.45) is 1.27. The molecule has 4 nitrogen and oxygen atoms in total. The average Bonchev–Trinajstić information content (AvgIpc) is 2.29. The van der Waals surface area contributed by atoms with Crippen LogP contribution in [0.2, 0.25) is 0 Å². The second kappa shape index (κ2) is 7.79. The summed E-state index contributed by atoms with van der Waals surface area (Å²) in [6, 6.07) is 5.97. The maximum atomic E-state index is 11.1. The number of rotatable bonds is 7. The zero-order valence-electron chi connectivity index (χ0n) is 10.5. The number of hydrogen-bond donors (Lipinski definition) is 1. The lowest BCUT2D eigenvalue weighted by molar-refractivity contribution is -0.143. The Labute approximate surface area is 102 Å². The van der Waals surface area contributed by atoms with Crippen molar-refractivity contribution in [3.63, 3.8) is 0 Å². The molecule has 0 spiro atoms. The van der Waals surface area contributed by atoms with E-state index in [4.69, 9.17) is 4.74 Å². The van der Waals surface area contributed by atoms with Crippen LogP contribution in [0.5, 0.6) is 0 Å². The van der Waals surface area contributed by atoms with Gasteiger partial charge in [-0.25, -0.2) is 0 Å². The number of carbonyl (C=O) groups is 1. The summed E-state index contributed by atoms with van der Waals surface area (Å²) in [5.74, 6) is -0.122. The van der Waals surface area contributed by atoms with Crippen LogP contribution < -0.4 is 5.32 Å². The molecule has 0 aliphatic rings. The van der Waals surface area contributed by atoms with Crippen LogP contribution >= 0.6 is 0 Å². The van der Waals surface area contributed by atoms with Gasteiger partial charge < -0.3 is 10.1 Å². The van der Waals surface area contributed by atoms with Crippen molar-refractivity contribution in [1.29, 1.82) is 0 Å². The van der Waals surface area contributed by atoms with Crippen LogP contribution in [0.1, 0.15) is 31.2 Å². The van der Waals surface area contributed by atoms with Crippen molar-refractivity contribution in [3.05, 3.63) is 29.6 Å². The molecule has 17 heavy (non-hydrogen) atoms. The molecule has 0 bridgehead atoms. The minimum absolute atomic E-state index is 0.122. The molecule has 0 saturated carbocycles. The highest BCUT2D eigenvalue weighted by Crippen LogP contribution is 1.98. The van der Waals surface area contributed by atoms with E-state index in [1.54, 1.807) is 0 Å². The number of pyridine rings is 1. The van der Waals surface area contributed by atoms with Gasteiger partial charge in [0.25, 0.3) is 0 Å². The Bertz CT molecular complexity index is 353. The Hall–Kier alpha value is -1.42. The molecule has 1 N–H and O–H groups in total. The van der Waals surface area contributed by atoms with E-state index in [9.17, 15) is 4.79 Å². The third-order valence-corrected chi connectivity index (χ3v) is 2.29. The van der Waals surface area contributed by atoms with Gasteiger partial charge in [0.15, 0.2) is 0 Å². The van der Waals surface area contributed by atoms with Crippen LogP contribution in [-0.4, -0.2) is 24.1 Å². The molecule has 0 aromatic carbocycles. The van der Waals surface area contributed by atoms with Crippen molar-refractivity contribution < 1.29 is 9.53 Å². The minimum atomic E-state index is -0.122. The first-order valence-corrected chi connectivity index (χ1v) is 6.01. The van der Waals surface area contributed by atoms with Crippen molar-refractivity contribution in [2.24, 2.45) is 0 Å². The summed E-state index contributed by atoms with van der Waals surface area (Å²) in [7, 11) is 0. The van der Waals surface area contributed by atoms with Crippen LogP contribution in [0.25, 0.3) is 0 Å². The molecule has 0 radical (unpaired) electrons. The first-order valence-electron chi connectivity index (χ1n) is 6.01. The highest BCUT2D eigenvalue weighted by atomic mass is 16.5. The summed E-state index contributed by atoms with van der Waals surface area (Å²) in [5, 5.41) is 3.26. The third kappa shape index (κ3) is 6.02. The molecule has 0 atom stereocenters. The molecule has 0 saturated heterocycles. The van der Waals surface area contributed by atoms with Gasteiger partial charge in [-0.3, -0.25) is 9.78 Å². The number of nitrogens with zero attached hydrogens (tertiary/aromatic N) is 1. The average molecular weight is 236 g/mol. The Morgan fingerprint density at radius 3 is 3.00 bits per heavy atom. The summed E-state index contributed by atoms with van der Waals surface area (Å²) >= 11 is 0. The monoisotopic (exact) mass is 236 g/mol. The van der Waals surface area contributed by atoms with Crippen molar-refractivity contribution >= 4 is 5.97 Å². The minimum Gasteiger partial charge on any atom is -0.466 e. The summed E-state index contributed by atoms with van der Waals surface area (Å²) in [4.78, 5) is 15.4. The summed E-state index contributed by atoms with van der Waals surface area (Å²) in [6.45, 7) is 5.79. The third-order valence-electron chi connectivity index (χ3n) is 2.29. The lowest BCUT2D eigenvalue weighted by Gasteiger charge is -2.05. The number of aryl methyl sites for hydroxylation is 1. The van der Waals surface area contributed by atoms with Gasteiger partial charge in [-0.15, -0.1) is 0 Å². The fraction of sp³-hybridized carbons (Fsp3) is 0.538. The molecule has 1 aromatic rings. The van der Waals surface area contributed by atoms with Crippen LogP contribution in [0.4, 0.5) is 0 Å². The molecule has 94 valence electrons. The quantitative estimate of drug-likeness (QED) is 0.579. The number of carbonyl (C=O) groups excluding carboxylic acids is 1. The van der Waals surface area contributed by atoms with Crippen LogP contribution in [0.3, 0.4) is 0 Å². The first-order chi connectivity index (χ1) is 8.22. The molecule has 0 unspecified atom stereocenters. The first kappa shape index (κ1) is 13.6. The van der Waals surface area contributed by atoms with Crippen molar-refractivity contribution in [3.8, 4) is 0 Å². The molecular weight excluding hydrogens is 216 g/mol. The van der Waals surface area contributed by atoms with E-state index in [1.807, 2.05) is 32.0 Å². The topological polar surface area (TPSA) is 51.2 Å². The predicted octanol–water partition coefficient (Wildman–Crippen LogP) is 1.82. The number of hydrogen-bond acceptors (Lipinski definition) is 4. The fourth-order valence-corrected chi connectivity index (χ4v) is 1.51. The van der Waals surface area contributed by atoms with Gasteiger partial charge in [0.1, 0.15) is 0 Å². The maximum absolute atomic E-state index is 11.1. The van der Waals surface area contributed by atoms with Crippen LogP contribution in [0.15, 0.2) is 18.2 Å². The smallest absolute Gasteiger partial charge is 0.305 e. The van der Waals surface area contributed by atoms with Gasteiger partial charge in [-0.05, 0) is 38.9 Å². The molecule has 1 rings (SSSR count). The van der Waals surface area contributed by atoms with Gasteiger partial charge in [0.2, 0.25) is 0 Å². The van der Waals surface area contributed by atoms with E-state index in [0.717, 1.165) is 30.9 Å². The second-order valence-corrected chi connectivity index (χ2v) is 3.86. The molecule has 1 heterocycles. The lowest BCUT2D eigenvalue weighted by atomic mass is 10.3. The zero-order chi connectivity index (χ0) is 12.5. The number of nitrogens with one attached hydrogen (secondary N) is 1. The van der Waals surface area contributed by atoms with Gasteiger partial charge in [0.05, 0.1) is 12.3 Å². The molecule has 0 aliphatic carbocycles. The molecule has 0 fully saturated rings. The second-order valence-electron chi connectivity index (χ2n) is 3.86. The normalized spacial score (nSPS) is 10.2. The summed E-state index contributed by atoms with van der Waals surface area (Å²) in [5.41, 5.74) is 2.05. The Kier molecular flexibility index (Phi) is 6.25. The van der Waals surface area contributed by atoms with E-state index in [1.165, 1.54) is 0 Å². The molecule has 4 heteroatoms. The van der Waals surface area contributed by atoms with Crippen LogP contribution in [0, 0.1) is 6.92 Å². The van der Waals surface area contributed by atoms with E-state index in [2.05, 4.69) is 10.3 Å². The standard InChI is InChI=1S/C13H20N2O2/c1-3-17-13(16)8-5-9-14-10-12-7-4-6-11(2)15-12/h4,6-7,14H,3,5,8-10H2,1-2H3. The molecular formula is C13H20N2O2. The SMILES string of the molecule is CCOC(=O)CCCNCc1cccc(C)n1. The van der Waals surface area contributed by atoms with Gasteiger partial charge in [-0.1, -0.05) is 6.07 Å². The fourth-order valence-electron chi connectivity index (χ4n) is 1.51. The van der Waals surface area contributed by atoms with Crippen LogP contribution in [-0.2, 0) is 16.1 Å². The van der Waals surface area contributed by atoms with Gasteiger partial charge in [-0.2, -0.15) is 0 Å². The largest absolute Gasteiger partial charge is 0.466 e. The Balaban J connectivity index is 2.10. The number of esters is 1. The van der Waals surface area contributed by atoms with E-state index < -0.39 is 0 Å².